The molecule has 1 amide bonds. The van der Waals surface area contributed by atoms with Gasteiger partial charge in [-0.25, -0.2) is 0 Å². The van der Waals surface area contributed by atoms with Crippen molar-refractivity contribution in [2.45, 2.75) is 18.3 Å². The number of carbonyl (C=O) groups is 1. The van der Waals surface area contributed by atoms with E-state index >= 15 is 0 Å². The highest BCUT2D eigenvalue weighted by Crippen LogP contribution is 2.49. The van der Waals surface area contributed by atoms with Gasteiger partial charge in [0.05, 0.1) is 17.4 Å². The van der Waals surface area contributed by atoms with Crippen molar-refractivity contribution in [3.05, 3.63) is 84.4 Å². The minimum absolute atomic E-state index is 0.0815. The molecule has 1 spiro atoms. The van der Waals surface area contributed by atoms with E-state index in [0.717, 1.165) is 38.2 Å². The lowest BCUT2D eigenvalue weighted by molar-refractivity contribution is 0.0674. The molecule has 0 atom stereocenters. The van der Waals surface area contributed by atoms with Gasteiger partial charge in [0.1, 0.15) is 0 Å². The summed E-state index contributed by atoms with van der Waals surface area (Å²) in [7, 11) is 0. The van der Waals surface area contributed by atoms with Gasteiger partial charge in [0.25, 0.3) is 5.91 Å². The second kappa shape index (κ2) is 6.75. The topological polar surface area (TPSA) is 49.3 Å². The van der Waals surface area contributed by atoms with Crippen molar-refractivity contribution in [1.82, 2.24) is 14.9 Å². The van der Waals surface area contributed by atoms with E-state index in [2.05, 4.69) is 45.2 Å². The number of para-hydroxylation sites is 1. The van der Waals surface area contributed by atoms with Gasteiger partial charge in [0.2, 0.25) is 0 Å². The number of pyridine rings is 2. The average molecular weight is 370 g/mol. The quantitative estimate of drug-likeness (QED) is 0.688. The number of carbonyl (C=O) groups excluding carboxylic acids is 1. The Morgan fingerprint density at radius 1 is 0.893 bits per heavy atom. The number of hydrogen-bond acceptors (Lipinski definition) is 4. The van der Waals surface area contributed by atoms with Gasteiger partial charge in [0.15, 0.2) is 0 Å². The first-order valence-electron chi connectivity index (χ1n) is 9.73. The molecule has 1 fully saturated rings. The van der Waals surface area contributed by atoms with E-state index in [9.17, 15) is 4.79 Å². The number of hydrogen-bond donors (Lipinski definition) is 0. The van der Waals surface area contributed by atoms with Crippen LogP contribution >= 0.6 is 0 Å². The Hall–Kier alpha value is -3.21. The maximum atomic E-state index is 12.8. The molecule has 28 heavy (non-hydrogen) atoms. The molecule has 5 heteroatoms. The van der Waals surface area contributed by atoms with Gasteiger partial charge in [-0.15, -0.1) is 0 Å². The fourth-order valence-electron chi connectivity index (χ4n) is 4.61. The third-order valence-corrected chi connectivity index (χ3v) is 6.10. The summed E-state index contributed by atoms with van der Waals surface area (Å²) >= 11 is 0. The van der Waals surface area contributed by atoms with Crippen LogP contribution in [0.25, 0.3) is 0 Å². The molecule has 1 saturated heterocycles. The van der Waals surface area contributed by atoms with Gasteiger partial charge in [-0.3, -0.25) is 14.8 Å². The second-order valence-corrected chi connectivity index (χ2v) is 7.63. The molecule has 5 nitrogen and oxygen atoms in total. The minimum Gasteiger partial charge on any atom is -0.339 e. The van der Waals surface area contributed by atoms with Crippen molar-refractivity contribution < 1.29 is 4.79 Å². The van der Waals surface area contributed by atoms with Crippen LogP contribution in [-0.2, 0) is 5.41 Å². The Balaban J connectivity index is 1.41. The summed E-state index contributed by atoms with van der Waals surface area (Å²) in [5.41, 5.74) is 4.54. The number of nitrogens with zero attached hydrogens (tertiary/aromatic N) is 4. The monoisotopic (exact) mass is 370 g/mol. The number of likely N-dealkylation sites (tertiary alicyclic amines) is 1. The summed E-state index contributed by atoms with van der Waals surface area (Å²) in [5.74, 6) is 0.0818. The van der Waals surface area contributed by atoms with Crippen LogP contribution in [0, 0.1) is 0 Å². The molecule has 2 aromatic heterocycles. The van der Waals surface area contributed by atoms with E-state index in [-0.39, 0.29) is 11.3 Å². The molecule has 0 aliphatic carbocycles. The molecule has 1 aromatic carbocycles. The lowest BCUT2D eigenvalue weighted by atomic mass is 9.74. The van der Waals surface area contributed by atoms with Gasteiger partial charge in [0, 0.05) is 49.3 Å². The van der Waals surface area contributed by atoms with Gasteiger partial charge < -0.3 is 9.80 Å². The van der Waals surface area contributed by atoms with Crippen LogP contribution in [0.1, 0.15) is 28.8 Å². The van der Waals surface area contributed by atoms with E-state index in [4.69, 9.17) is 0 Å². The largest absolute Gasteiger partial charge is 0.339 e. The van der Waals surface area contributed by atoms with E-state index < -0.39 is 0 Å². The second-order valence-electron chi connectivity index (χ2n) is 7.63. The number of rotatable bonds is 2. The summed E-state index contributed by atoms with van der Waals surface area (Å²) < 4.78 is 0. The molecule has 5 rings (SSSR count). The number of amides is 1. The zero-order valence-electron chi connectivity index (χ0n) is 15.7. The van der Waals surface area contributed by atoms with Gasteiger partial charge in [-0.2, -0.15) is 0 Å². The van der Waals surface area contributed by atoms with Crippen LogP contribution in [0.3, 0.4) is 0 Å². The zero-order valence-corrected chi connectivity index (χ0v) is 15.7. The summed E-state index contributed by atoms with van der Waals surface area (Å²) in [5, 5.41) is 0. The van der Waals surface area contributed by atoms with Gasteiger partial charge in [-0.05, 0) is 48.7 Å². The molecule has 140 valence electrons. The molecule has 3 aromatic rings. The Bertz CT molecular complexity index is 982. The SMILES string of the molecule is O=C(c1cccnc1)N1CCC2(CC1)CN(c1cccnc1)c1ccccc12. The average Bonchev–Trinajstić information content (AvgIpc) is 3.09. The predicted molar refractivity (Wildman–Crippen MR) is 109 cm³/mol. The van der Waals surface area contributed by atoms with Crippen molar-refractivity contribution >= 4 is 17.3 Å². The lowest BCUT2D eigenvalue weighted by Crippen LogP contribution is -2.46. The van der Waals surface area contributed by atoms with Crippen molar-refractivity contribution in [1.29, 1.82) is 0 Å². The van der Waals surface area contributed by atoms with Crippen LogP contribution in [-0.4, -0.2) is 40.4 Å². The molecular formula is C23H22N4O. The Morgan fingerprint density at radius 3 is 2.36 bits per heavy atom. The molecule has 2 aliphatic rings. The molecule has 0 saturated carbocycles. The molecule has 0 bridgehead atoms. The highest BCUT2D eigenvalue weighted by Gasteiger charge is 2.45. The fourth-order valence-corrected chi connectivity index (χ4v) is 4.61. The minimum atomic E-state index is 0.0815. The Labute approximate surface area is 164 Å². The maximum absolute atomic E-state index is 12.8. The first kappa shape index (κ1) is 16.9. The number of benzene rings is 1. The van der Waals surface area contributed by atoms with Crippen molar-refractivity contribution in [2.24, 2.45) is 0 Å². The van der Waals surface area contributed by atoms with Crippen LogP contribution < -0.4 is 4.90 Å². The molecule has 2 aliphatic heterocycles. The van der Waals surface area contributed by atoms with Crippen LogP contribution in [0.15, 0.2) is 73.3 Å². The Kier molecular flexibility index (Phi) is 4.08. The summed E-state index contributed by atoms with van der Waals surface area (Å²) in [6.07, 6.45) is 9.02. The van der Waals surface area contributed by atoms with E-state index in [1.165, 1.54) is 11.3 Å². The number of anilines is 2. The number of fused-ring (bicyclic) bond motifs is 2. The highest BCUT2D eigenvalue weighted by atomic mass is 16.2. The van der Waals surface area contributed by atoms with Crippen LogP contribution in [0.4, 0.5) is 11.4 Å². The smallest absolute Gasteiger partial charge is 0.255 e. The predicted octanol–water partition coefficient (Wildman–Crippen LogP) is 3.80. The van der Waals surface area contributed by atoms with E-state index in [1.54, 1.807) is 12.4 Å². The highest BCUT2D eigenvalue weighted by molar-refractivity contribution is 5.94. The molecule has 4 heterocycles. The summed E-state index contributed by atoms with van der Waals surface area (Å²) in [6.45, 7) is 2.47. The first-order valence-corrected chi connectivity index (χ1v) is 9.73. The van der Waals surface area contributed by atoms with Crippen molar-refractivity contribution in [3.63, 3.8) is 0 Å². The normalized spacial score (nSPS) is 17.6. The third-order valence-electron chi connectivity index (χ3n) is 6.10. The van der Waals surface area contributed by atoms with E-state index in [1.807, 2.05) is 35.5 Å². The molecular weight excluding hydrogens is 348 g/mol. The van der Waals surface area contributed by atoms with Gasteiger partial charge >= 0.3 is 0 Å². The summed E-state index contributed by atoms with van der Waals surface area (Å²) in [6, 6.07) is 16.4. The van der Waals surface area contributed by atoms with Crippen LogP contribution in [0.5, 0.6) is 0 Å². The molecule has 0 unspecified atom stereocenters. The molecule has 0 radical (unpaired) electrons. The third kappa shape index (κ3) is 2.74. The fraction of sp³-hybridized carbons (Fsp3) is 0.261. The van der Waals surface area contributed by atoms with Crippen LogP contribution in [0.2, 0.25) is 0 Å². The molecule has 0 N–H and O–H groups in total. The first-order chi connectivity index (χ1) is 13.8. The van der Waals surface area contributed by atoms with Gasteiger partial charge in [-0.1, -0.05) is 18.2 Å². The Morgan fingerprint density at radius 2 is 1.64 bits per heavy atom. The van der Waals surface area contributed by atoms with E-state index in [0.29, 0.717) is 5.56 Å². The standard InChI is InChI=1S/C23H22N4O/c28-22(18-5-3-11-24-15-18)26-13-9-23(10-14-26)17-27(19-6-4-12-25-16-19)21-8-2-1-7-20(21)23/h1-8,11-12,15-16H,9-10,13-14,17H2. The number of piperidine rings is 1. The maximum Gasteiger partial charge on any atom is 0.255 e. The van der Waals surface area contributed by atoms with Crippen molar-refractivity contribution in [3.8, 4) is 0 Å². The van der Waals surface area contributed by atoms with Crippen molar-refractivity contribution in [2.75, 3.05) is 24.5 Å². The zero-order chi connectivity index (χ0) is 19.0. The number of aromatic nitrogens is 2. The lowest BCUT2D eigenvalue weighted by Gasteiger charge is -2.40. The summed E-state index contributed by atoms with van der Waals surface area (Å²) in [4.78, 5) is 25.5.